The van der Waals surface area contributed by atoms with Gasteiger partial charge in [-0.2, -0.15) is 0 Å². The van der Waals surface area contributed by atoms with Crippen LogP contribution in [0.25, 0.3) is 0 Å². The molecule has 0 saturated carbocycles. The predicted octanol–water partition coefficient (Wildman–Crippen LogP) is 0.568. The Morgan fingerprint density at radius 1 is 1.44 bits per heavy atom. The van der Waals surface area contributed by atoms with Gasteiger partial charge < -0.3 is 9.73 Å². The Balaban J connectivity index is 1.94. The fourth-order valence-electron chi connectivity index (χ4n) is 1.93. The van der Waals surface area contributed by atoms with Crippen molar-refractivity contribution in [2.45, 2.75) is 32.9 Å². The highest BCUT2D eigenvalue weighted by molar-refractivity contribution is 7.93. The van der Waals surface area contributed by atoms with Crippen LogP contribution in [0.1, 0.15) is 24.3 Å². The largest absolute Gasteiger partial charge is 0.444 e. The minimum absolute atomic E-state index is 0.193. The number of hydrogen-bond donors (Lipinski definition) is 1. The highest BCUT2D eigenvalue weighted by Crippen LogP contribution is 2.23. The molecule has 1 N–H and O–H groups in total. The minimum Gasteiger partial charge on any atom is -0.444 e. The van der Waals surface area contributed by atoms with Gasteiger partial charge in [-0.15, -0.1) is 0 Å². The van der Waals surface area contributed by atoms with Gasteiger partial charge in [-0.3, -0.25) is 0 Å². The van der Waals surface area contributed by atoms with Crippen LogP contribution in [-0.4, -0.2) is 30.4 Å². The van der Waals surface area contributed by atoms with Gasteiger partial charge in [0.05, 0.1) is 23.7 Å². The molecule has 0 unspecified atom stereocenters. The molecule has 5 nitrogen and oxygen atoms in total. The molecular formula is C10H16N2O3S. The van der Waals surface area contributed by atoms with E-state index in [1.54, 1.807) is 0 Å². The summed E-state index contributed by atoms with van der Waals surface area (Å²) in [7, 11) is -2.81. The second kappa shape index (κ2) is 3.56. The number of oxazole rings is 1. The van der Waals surface area contributed by atoms with E-state index < -0.39 is 9.84 Å². The molecule has 90 valence electrons. The molecule has 0 spiro atoms. The fourth-order valence-corrected chi connectivity index (χ4v) is 4.00. The normalized spacial score (nSPS) is 21.7. The van der Waals surface area contributed by atoms with E-state index in [1.807, 2.05) is 20.8 Å². The molecule has 0 aromatic carbocycles. The van der Waals surface area contributed by atoms with Gasteiger partial charge in [0.1, 0.15) is 5.76 Å². The molecule has 1 aliphatic heterocycles. The lowest BCUT2D eigenvalue weighted by Gasteiger charge is -2.38. The first kappa shape index (κ1) is 11.6. The highest BCUT2D eigenvalue weighted by atomic mass is 32.2. The summed E-state index contributed by atoms with van der Waals surface area (Å²) in [6.07, 6.45) is 0. The standard InChI is InChI=1S/C10H16N2O3S/c1-7-8(2)15-9(12-7)4-11-10(3)5-16(13,14)6-10/h11H,4-6H2,1-3H3. The summed E-state index contributed by atoms with van der Waals surface area (Å²) in [6.45, 7) is 6.12. The number of rotatable bonds is 3. The van der Waals surface area contributed by atoms with E-state index in [4.69, 9.17) is 4.42 Å². The summed E-state index contributed by atoms with van der Waals surface area (Å²) < 4.78 is 27.6. The highest BCUT2D eigenvalue weighted by Gasteiger charge is 2.44. The Labute approximate surface area is 95.2 Å². The smallest absolute Gasteiger partial charge is 0.208 e. The first-order chi connectivity index (χ1) is 7.30. The van der Waals surface area contributed by atoms with E-state index in [0.717, 1.165) is 11.5 Å². The van der Waals surface area contributed by atoms with Crippen LogP contribution in [0.2, 0.25) is 0 Å². The summed E-state index contributed by atoms with van der Waals surface area (Å²) in [4.78, 5) is 4.23. The third-order valence-electron chi connectivity index (χ3n) is 2.82. The molecule has 0 radical (unpaired) electrons. The third kappa shape index (κ3) is 2.27. The van der Waals surface area contributed by atoms with Crippen LogP contribution in [0.5, 0.6) is 0 Å². The number of aryl methyl sites for hydroxylation is 2. The molecule has 6 heteroatoms. The average Bonchev–Trinajstić information content (AvgIpc) is 2.40. The lowest BCUT2D eigenvalue weighted by atomic mass is 10.1. The Bertz CT molecular complexity index is 473. The second-order valence-electron chi connectivity index (χ2n) is 4.70. The van der Waals surface area contributed by atoms with Crippen molar-refractivity contribution < 1.29 is 12.8 Å². The van der Waals surface area contributed by atoms with Gasteiger partial charge in [-0.25, -0.2) is 13.4 Å². The van der Waals surface area contributed by atoms with E-state index in [-0.39, 0.29) is 17.0 Å². The summed E-state index contributed by atoms with van der Waals surface area (Å²) in [6, 6.07) is 0. The number of nitrogens with zero attached hydrogens (tertiary/aromatic N) is 1. The van der Waals surface area contributed by atoms with Crippen molar-refractivity contribution in [3.05, 3.63) is 17.3 Å². The van der Waals surface area contributed by atoms with E-state index in [0.29, 0.717) is 12.4 Å². The Morgan fingerprint density at radius 3 is 2.50 bits per heavy atom. The lowest BCUT2D eigenvalue weighted by Crippen LogP contribution is -2.61. The molecule has 1 aromatic heterocycles. The van der Waals surface area contributed by atoms with Crippen molar-refractivity contribution in [3.63, 3.8) is 0 Å². The minimum atomic E-state index is -2.81. The number of sulfone groups is 1. The van der Waals surface area contributed by atoms with Crippen LogP contribution in [0.4, 0.5) is 0 Å². The van der Waals surface area contributed by atoms with Crippen LogP contribution in [-0.2, 0) is 16.4 Å². The molecule has 16 heavy (non-hydrogen) atoms. The summed E-state index contributed by atoms with van der Waals surface area (Å²) in [5, 5.41) is 3.17. The Morgan fingerprint density at radius 2 is 2.06 bits per heavy atom. The maximum atomic E-state index is 11.1. The van der Waals surface area contributed by atoms with Gasteiger partial charge in [0, 0.05) is 5.54 Å². The summed E-state index contributed by atoms with van der Waals surface area (Å²) in [5.74, 6) is 1.81. The molecule has 1 aliphatic rings. The van der Waals surface area contributed by atoms with E-state index in [1.165, 1.54) is 0 Å². The molecule has 1 saturated heterocycles. The lowest BCUT2D eigenvalue weighted by molar-refractivity contribution is 0.355. The van der Waals surface area contributed by atoms with Crippen LogP contribution in [0.15, 0.2) is 4.42 Å². The molecule has 0 atom stereocenters. The van der Waals surface area contributed by atoms with Crippen molar-refractivity contribution in [1.29, 1.82) is 0 Å². The van der Waals surface area contributed by atoms with Crippen molar-refractivity contribution in [2.75, 3.05) is 11.5 Å². The molecular weight excluding hydrogens is 228 g/mol. The van der Waals surface area contributed by atoms with Gasteiger partial charge in [-0.1, -0.05) is 0 Å². The van der Waals surface area contributed by atoms with E-state index >= 15 is 0 Å². The van der Waals surface area contributed by atoms with Gasteiger partial charge >= 0.3 is 0 Å². The zero-order chi connectivity index (χ0) is 12.0. The molecule has 0 aliphatic carbocycles. The Kier molecular flexibility index (Phi) is 2.58. The Hall–Kier alpha value is -0.880. The molecule has 2 heterocycles. The first-order valence-electron chi connectivity index (χ1n) is 5.18. The van der Waals surface area contributed by atoms with Crippen molar-refractivity contribution in [1.82, 2.24) is 10.3 Å². The average molecular weight is 244 g/mol. The van der Waals surface area contributed by atoms with Crippen molar-refractivity contribution in [3.8, 4) is 0 Å². The van der Waals surface area contributed by atoms with Gasteiger partial charge in [0.25, 0.3) is 0 Å². The van der Waals surface area contributed by atoms with Gasteiger partial charge in [0.2, 0.25) is 5.89 Å². The van der Waals surface area contributed by atoms with Crippen LogP contribution < -0.4 is 5.32 Å². The topological polar surface area (TPSA) is 72.2 Å². The van der Waals surface area contributed by atoms with E-state index in [9.17, 15) is 8.42 Å². The van der Waals surface area contributed by atoms with Crippen LogP contribution >= 0.6 is 0 Å². The molecule has 0 bridgehead atoms. The summed E-state index contributed by atoms with van der Waals surface area (Å²) >= 11 is 0. The van der Waals surface area contributed by atoms with Gasteiger partial charge in [-0.05, 0) is 20.8 Å². The SMILES string of the molecule is Cc1nc(CNC2(C)CS(=O)(=O)C2)oc1C. The first-order valence-corrected chi connectivity index (χ1v) is 7.00. The monoisotopic (exact) mass is 244 g/mol. The quantitative estimate of drug-likeness (QED) is 0.841. The van der Waals surface area contributed by atoms with Crippen molar-refractivity contribution >= 4 is 9.84 Å². The van der Waals surface area contributed by atoms with Gasteiger partial charge in [0.15, 0.2) is 9.84 Å². The number of nitrogens with one attached hydrogen (secondary N) is 1. The second-order valence-corrected chi connectivity index (χ2v) is 6.76. The zero-order valence-electron chi connectivity index (χ0n) is 9.70. The van der Waals surface area contributed by atoms with Crippen LogP contribution in [0.3, 0.4) is 0 Å². The molecule has 2 rings (SSSR count). The maximum Gasteiger partial charge on any atom is 0.208 e. The molecule has 0 amide bonds. The zero-order valence-corrected chi connectivity index (χ0v) is 10.5. The van der Waals surface area contributed by atoms with E-state index in [2.05, 4.69) is 10.3 Å². The predicted molar refractivity (Wildman–Crippen MR) is 59.9 cm³/mol. The summed E-state index contributed by atoms with van der Waals surface area (Å²) in [5.41, 5.74) is 0.554. The number of aromatic nitrogens is 1. The number of hydrogen-bond acceptors (Lipinski definition) is 5. The molecule has 1 aromatic rings. The third-order valence-corrected chi connectivity index (χ3v) is 4.97. The van der Waals surface area contributed by atoms with Crippen LogP contribution in [0, 0.1) is 13.8 Å². The maximum absolute atomic E-state index is 11.1. The van der Waals surface area contributed by atoms with Crippen molar-refractivity contribution in [2.24, 2.45) is 0 Å². The molecule has 1 fully saturated rings. The fraction of sp³-hybridized carbons (Fsp3) is 0.700.